The zero-order chi connectivity index (χ0) is 13.8. The van der Waals surface area contributed by atoms with Crippen molar-refractivity contribution in [1.82, 2.24) is 14.9 Å². The van der Waals surface area contributed by atoms with Crippen molar-refractivity contribution in [2.45, 2.75) is 38.1 Å². The highest BCUT2D eigenvalue weighted by molar-refractivity contribution is 7.98. The van der Waals surface area contributed by atoms with Crippen molar-refractivity contribution in [3.63, 3.8) is 0 Å². The van der Waals surface area contributed by atoms with Crippen LogP contribution in [0.5, 0.6) is 0 Å². The number of aromatic nitrogens is 2. The molecule has 5 nitrogen and oxygen atoms in total. The van der Waals surface area contributed by atoms with Crippen LogP contribution in [-0.2, 0) is 11.3 Å². The van der Waals surface area contributed by atoms with Gasteiger partial charge in [0.15, 0.2) is 5.16 Å². The smallest absolute Gasteiger partial charge is 0.410 e. The summed E-state index contributed by atoms with van der Waals surface area (Å²) < 4.78 is 5.27. The van der Waals surface area contributed by atoms with Gasteiger partial charge in [-0.1, -0.05) is 11.8 Å². The van der Waals surface area contributed by atoms with Gasteiger partial charge in [0, 0.05) is 13.2 Å². The Morgan fingerprint density at radius 1 is 1.50 bits per heavy atom. The van der Waals surface area contributed by atoms with Gasteiger partial charge in [-0.3, -0.25) is 0 Å². The van der Waals surface area contributed by atoms with E-state index in [-0.39, 0.29) is 6.09 Å². The Labute approximate surface area is 112 Å². The summed E-state index contributed by atoms with van der Waals surface area (Å²) in [6.45, 7) is 5.94. The molecule has 0 saturated carbocycles. The molecule has 18 heavy (non-hydrogen) atoms. The highest BCUT2D eigenvalue weighted by Crippen LogP contribution is 2.12. The van der Waals surface area contributed by atoms with Crippen LogP contribution in [0.15, 0.2) is 17.4 Å². The molecule has 0 radical (unpaired) electrons. The molecule has 1 heterocycles. The van der Waals surface area contributed by atoms with Gasteiger partial charge in [0.05, 0.1) is 12.2 Å². The second-order valence-electron chi connectivity index (χ2n) is 4.87. The lowest BCUT2D eigenvalue weighted by atomic mass is 10.2. The first-order chi connectivity index (χ1) is 8.31. The Bertz CT molecular complexity index is 418. The van der Waals surface area contributed by atoms with Gasteiger partial charge < -0.3 is 9.64 Å². The zero-order valence-corrected chi connectivity index (χ0v) is 12.2. The topological polar surface area (TPSA) is 55.3 Å². The normalized spacial score (nSPS) is 11.2. The fraction of sp³-hybridized carbons (Fsp3) is 0.583. The van der Waals surface area contributed by atoms with E-state index in [4.69, 9.17) is 4.74 Å². The molecule has 0 spiro atoms. The molecule has 1 aromatic rings. The van der Waals surface area contributed by atoms with Crippen molar-refractivity contribution in [3.8, 4) is 0 Å². The average Bonchev–Trinajstić information content (AvgIpc) is 2.27. The van der Waals surface area contributed by atoms with E-state index in [1.807, 2.05) is 27.0 Å². The van der Waals surface area contributed by atoms with Crippen LogP contribution in [0.2, 0.25) is 0 Å². The predicted octanol–water partition coefficient (Wildman–Crippen LogP) is 2.57. The average molecular weight is 269 g/mol. The summed E-state index contributed by atoms with van der Waals surface area (Å²) in [4.78, 5) is 21.7. The van der Waals surface area contributed by atoms with Crippen molar-refractivity contribution in [2.24, 2.45) is 0 Å². The quantitative estimate of drug-likeness (QED) is 0.623. The van der Waals surface area contributed by atoms with Crippen LogP contribution in [0.25, 0.3) is 0 Å². The Kier molecular flexibility index (Phi) is 4.95. The van der Waals surface area contributed by atoms with Crippen LogP contribution in [-0.4, -0.2) is 39.9 Å². The molecule has 1 aromatic heterocycles. The summed E-state index contributed by atoms with van der Waals surface area (Å²) >= 11 is 1.47. The molecule has 0 aliphatic rings. The molecule has 0 bridgehead atoms. The fourth-order valence-corrected chi connectivity index (χ4v) is 1.58. The molecule has 100 valence electrons. The molecular weight excluding hydrogens is 250 g/mol. The summed E-state index contributed by atoms with van der Waals surface area (Å²) in [7, 11) is 1.69. The molecule has 1 rings (SSSR count). The molecule has 0 aliphatic heterocycles. The molecule has 0 unspecified atom stereocenters. The van der Waals surface area contributed by atoms with Gasteiger partial charge in [-0.05, 0) is 33.1 Å². The van der Waals surface area contributed by atoms with Gasteiger partial charge >= 0.3 is 6.09 Å². The fourth-order valence-electron chi connectivity index (χ4n) is 1.21. The van der Waals surface area contributed by atoms with Crippen LogP contribution in [0, 0.1) is 0 Å². The maximum Gasteiger partial charge on any atom is 0.410 e. The summed E-state index contributed by atoms with van der Waals surface area (Å²) in [5.74, 6) is 0. The van der Waals surface area contributed by atoms with E-state index in [0.29, 0.717) is 11.7 Å². The third-order valence-electron chi connectivity index (χ3n) is 1.98. The predicted molar refractivity (Wildman–Crippen MR) is 71.5 cm³/mol. The lowest BCUT2D eigenvalue weighted by Gasteiger charge is -2.24. The molecule has 0 aromatic carbocycles. The standard InChI is InChI=1S/C12H19N3O2S/c1-12(2,3)17-11(16)15(4)8-9-6-7-13-10(14-9)18-5/h6-7H,8H2,1-5H3. The van der Waals surface area contributed by atoms with E-state index < -0.39 is 5.60 Å². The van der Waals surface area contributed by atoms with Crippen molar-refractivity contribution < 1.29 is 9.53 Å². The first-order valence-electron chi connectivity index (χ1n) is 5.62. The molecule has 0 N–H and O–H groups in total. The van der Waals surface area contributed by atoms with Crippen LogP contribution >= 0.6 is 11.8 Å². The van der Waals surface area contributed by atoms with E-state index in [1.54, 1.807) is 19.3 Å². The second-order valence-corrected chi connectivity index (χ2v) is 5.64. The lowest BCUT2D eigenvalue weighted by molar-refractivity contribution is 0.0283. The van der Waals surface area contributed by atoms with E-state index in [2.05, 4.69) is 9.97 Å². The minimum atomic E-state index is -0.485. The monoisotopic (exact) mass is 269 g/mol. The van der Waals surface area contributed by atoms with Crippen LogP contribution < -0.4 is 0 Å². The van der Waals surface area contributed by atoms with Gasteiger partial charge in [-0.15, -0.1) is 0 Å². The van der Waals surface area contributed by atoms with Gasteiger partial charge in [-0.25, -0.2) is 14.8 Å². The first kappa shape index (κ1) is 14.8. The van der Waals surface area contributed by atoms with E-state index in [9.17, 15) is 4.79 Å². The van der Waals surface area contributed by atoms with Crippen molar-refractivity contribution in [1.29, 1.82) is 0 Å². The van der Waals surface area contributed by atoms with Crippen molar-refractivity contribution in [3.05, 3.63) is 18.0 Å². The third kappa shape index (κ3) is 4.91. The van der Waals surface area contributed by atoms with Crippen molar-refractivity contribution in [2.75, 3.05) is 13.3 Å². The Morgan fingerprint density at radius 2 is 2.17 bits per heavy atom. The molecular formula is C12H19N3O2S. The number of nitrogens with zero attached hydrogens (tertiary/aromatic N) is 3. The highest BCUT2D eigenvalue weighted by atomic mass is 32.2. The van der Waals surface area contributed by atoms with Crippen molar-refractivity contribution >= 4 is 17.9 Å². The summed E-state index contributed by atoms with van der Waals surface area (Å²) in [6, 6.07) is 1.79. The minimum Gasteiger partial charge on any atom is -0.444 e. The number of hydrogen-bond donors (Lipinski definition) is 0. The lowest BCUT2D eigenvalue weighted by Crippen LogP contribution is -2.34. The Hall–Kier alpha value is -1.30. The molecule has 0 saturated heterocycles. The number of thioether (sulfide) groups is 1. The first-order valence-corrected chi connectivity index (χ1v) is 6.84. The van der Waals surface area contributed by atoms with Gasteiger partial charge in [0.2, 0.25) is 0 Å². The number of ether oxygens (including phenoxy) is 1. The largest absolute Gasteiger partial charge is 0.444 e. The Morgan fingerprint density at radius 3 is 2.72 bits per heavy atom. The SMILES string of the molecule is CSc1nccc(CN(C)C(=O)OC(C)(C)C)n1. The summed E-state index contributed by atoms with van der Waals surface area (Å²) in [5, 5.41) is 0.699. The van der Waals surface area contributed by atoms with Gasteiger partial charge in [0.25, 0.3) is 0 Å². The van der Waals surface area contributed by atoms with Crippen LogP contribution in [0.4, 0.5) is 4.79 Å². The number of hydrogen-bond acceptors (Lipinski definition) is 5. The van der Waals surface area contributed by atoms with E-state index in [0.717, 1.165) is 5.69 Å². The number of amides is 1. The van der Waals surface area contributed by atoms with Crippen LogP contribution in [0.3, 0.4) is 0 Å². The molecule has 1 amide bonds. The number of carbonyl (C=O) groups is 1. The maximum absolute atomic E-state index is 11.8. The summed E-state index contributed by atoms with van der Waals surface area (Å²) in [5.41, 5.74) is 0.309. The molecule has 0 fully saturated rings. The minimum absolute atomic E-state index is 0.355. The number of carbonyl (C=O) groups excluding carboxylic acids is 1. The van der Waals surface area contributed by atoms with E-state index in [1.165, 1.54) is 16.7 Å². The van der Waals surface area contributed by atoms with Gasteiger partial charge in [-0.2, -0.15) is 0 Å². The summed E-state index contributed by atoms with van der Waals surface area (Å²) in [6.07, 6.45) is 3.25. The van der Waals surface area contributed by atoms with E-state index >= 15 is 0 Å². The highest BCUT2D eigenvalue weighted by Gasteiger charge is 2.19. The molecule has 0 atom stereocenters. The number of rotatable bonds is 3. The molecule has 0 aliphatic carbocycles. The maximum atomic E-state index is 11.8. The van der Waals surface area contributed by atoms with Gasteiger partial charge in [0.1, 0.15) is 5.60 Å². The Balaban J connectivity index is 2.63. The zero-order valence-electron chi connectivity index (χ0n) is 11.4. The second kappa shape index (κ2) is 6.04. The van der Waals surface area contributed by atoms with Crippen LogP contribution in [0.1, 0.15) is 26.5 Å². The third-order valence-corrected chi connectivity index (χ3v) is 2.54. The molecule has 6 heteroatoms.